The van der Waals surface area contributed by atoms with Gasteiger partial charge in [-0.15, -0.1) is 0 Å². The van der Waals surface area contributed by atoms with Crippen LogP contribution in [0.25, 0.3) is 5.76 Å². The summed E-state index contributed by atoms with van der Waals surface area (Å²) in [5, 5.41) is 11.5. The van der Waals surface area contributed by atoms with Crippen LogP contribution in [-0.4, -0.2) is 73.1 Å². The van der Waals surface area contributed by atoms with Gasteiger partial charge in [-0.3, -0.25) is 9.59 Å². The highest BCUT2D eigenvalue weighted by atomic mass is 16.5. The summed E-state index contributed by atoms with van der Waals surface area (Å²) in [6.45, 7) is 7.94. The number of ketones is 1. The van der Waals surface area contributed by atoms with E-state index in [0.717, 1.165) is 30.6 Å². The number of aliphatic hydroxyl groups excluding tert-OH is 1. The van der Waals surface area contributed by atoms with Gasteiger partial charge in [0.1, 0.15) is 17.6 Å². The molecule has 1 saturated heterocycles. The van der Waals surface area contributed by atoms with Gasteiger partial charge in [-0.25, -0.2) is 0 Å². The predicted molar refractivity (Wildman–Crippen MR) is 150 cm³/mol. The molecule has 2 heterocycles. The molecular weight excluding hydrogens is 496 g/mol. The highest BCUT2D eigenvalue weighted by molar-refractivity contribution is 6.46. The molecule has 210 valence electrons. The Morgan fingerprint density at radius 2 is 1.87 bits per heavy atom. The molecule has 2 aliphatic rings. The third kappa shape index (κ3) is 6.22. The van der Waals surface area contributed by atoms with Crippen LogP contribution in [0, 0.1) is 0 Å². The highest BCUT2D eigenvalue weighted by Gasteiger charge is 2.46. The number of carbonyl (C=O) groups is 2. The van der Waals surface area contributed by atoms with Crippen LogP contribution in [0.1, 0.15) is 62.8 Å². The number of hydrogen-bond donors (Lipinski definition) is 1. The summed E-state index contributed by atoms with van der Waals surface area (Å²) < 4.78 is 17.7. The fraction of sp³-hybridized carbons (Fsp3) is 0.484. The van der Waals surface area contributed by atoms with Crippen LogP contribution in [0.3, 0.4) is 0 Å². The maximum absolute atomic E-state index is 13.4. The largest absolute Gasteiger partial charge is 0.507 e. The first-order valence-electron chi connectivity index (χ1n) is 13.9. The van der Waals surface area contributed by atoms with Gasteiger partial charge >= 0.3 is 0 Å². The van der Waals surface area contributed by atoms with Crippen molar-refractivity contribution in [3.63, 3.8) is 0 Å². The van der Waals surface area contributed by atoms with E-state index in [9.17, 15) is 14.7 Å². The molecular formula is C31H40N2O6. The molecule has 0 aromatic heterocycles. The standard InChI is InChI=1S/C31H40N2O6/c1-6-8-9-16-38-25-13-10-21(19-26(25)37-7-2)28-27(30(35)31(36)33(28)15-14-32(4)5)29(34)22-11-12-24-23(18-22)17-20(3)39-24/h10-13,18-20,28,34H,6-9,14-17H2,1-5H3/b29-27+. The summed E-state index contributed by atoms with van der Waals surface area (Å²) in [4.78, 5) is 30.2. The van der Waals surface area contributed by atoms with Gasteiger partial charge in [0, 0.05) is 25.1 Å². The smallest absolute Gasteiger partial charge is 0.295 e. The Balaban J connectivity index is 1.77. The second kappa shape index (κ2) is 12.6. The molecule has 1 fully saturated rings. The zero-order valence-electron chi connectivity index (χ0n) is 23.7. The topological polar surface area (TPSA) is 88.5 Å². The monoisotopic (exact) mass is 536 g/mol. The van der Waals surface area contributed by atoms with E-state index in [-0.39, 0.29) is 17.4 Å². The lowest BCUT2D eigenvalue weighted by molar-refractivity contribution is -0.140. The number of likely N-dealkylation sites (tertiary alicyclic amines) is 1. The normalized spacial score (nSPS) is 19.9. The minimum absolute atomic E-state index is 0.0497. The molecule has 4 rings (SSSR count). The molecule has 0 aliphatic carbocycles. The minimum atomic E-state index is -0.762. The van der Waals surface area contributed by atoms with Crippen molar-refractivity contribution in [1.29, 1.82) is 0 Å². The predicted octanol–water partition coefficient (Wildman–Crippen LogP) is 4.96. The number of aliphatic hydroxyl groups is 1. The fourth-order valence-electron chi connectivity index (χ4n) is 5.11. The average Bonchev–Trinajstić information content (AvgIpc) is 3.40. The van der Waals surface area contributed by atoms with E-state index in [0.29, 0.717) is 55.4 Å². The molecule has 39 heavy (non-hydrogen) atoms. The Labute approximate surface area is 231 Å². The number of rotatable bonds is 12. The van der Waals surface area contributed by atoms with Gasteiger partial charge in [0.15, 0.2) is 11.5 Å². The van der Waals surface area contributed by atoms with Gasteiger partial charge in [-0.1, -0.05) is 25.8 Å². The van der Waals surface area contributed by atoms with E-state index >= 15 is 0 Å². The third-order valence-corrected chi connectivity index (χ3v) is 7.09. The molecule has 0 radical (unpaired) electrons. The molecule has 0 spiro atoms. The number of amides is 1. The Kier molecular flexibility index (Phi) is 9.17. The van der Waals surface area contributed by atoms with Crippen molar-refractivity contribution < 1.29 is 28.9 Å². The van der Waals surface area contributed by atoms with Gasteiger partial charge in [0.05, 0.1) is 24.8 Å². The van der Waals surface area contributed by atoms with Crippen LogP contribution in [0.4, 0.5) is 0 Å². The van der Waals surface area contributed by atoms with Crippen molar-refractivity contribution in [2.75, 3.05) is 40.4 Å². The van der Waals surface area contributed by atoms with Gasteiger partial charge in [-0.2, -0.15) is 0 Å². The van der Waals surface area contributed by atoms with Gasteiger partial charge < -0.3 is 29.1 Å². The molecule has 2 aromatic carbocycles. The summed E-state index contributed by atoms with van der Waals surface area (Å²) in [6.07, 6.45) is 3.89. The van der Waals surface area contributed by atoms with Crippen molar-refractivity contribution in [2.24, 2.45) is 0 Å². The summed E-state index contributed by atoms with van der Waals surface area (Å²) in [7, 11) is 3.83. The van der Waals surface area contributed by atoms with Crippen LogP contribution in [-0.2, 0) is 16.0 Å². The molecule has 2 atom stereocenters. The second-order valence-electron chi connectivity index (χ2n) is 10.4. The first-order valence-corrected chi connectivity index (χ1v) is 13.9. The summed E-state index contributed by atoms with van der Waals surface area (Å²) >= 11 is 0. The number of ether oxygens (including phenoxy) is 3. The van der Waals surface area contributed by atoms with E-state index in [1.807, 2.05) is 63.2 Å². The van der Waals surface area contributed by atoms with Gasteiger partial charge in [0.2, 0.25) is 0 Å². The number of likely N-dealkylation sites (N-methyl/N-ethyl adjacent to an activating group) is 1. The van der Waals surface area contributed by atoms with Crippen LogP contribution >= 0.6 is 0 Å². The maximum atomic E-state index is 13.4. The first kappa shape index (κ1) is 28.5. The molecule has 2 aromatic rings. The van der Waals surface area contributed by atoms with E-state index in [1.165, 1.54) is 0 Å². The molecule has 2 unspecified atom stereocenters. The number of hydrogen-bond acceptors (Lipinski definition) is 7. The van der Waals surface area contributed by atoms with Crippen LogP contribution in [0.15, 0.2) is 42.0 Å². The van der Waals surface area contributed by atoms with E-state index in [4.69, 9.17) is 14.2 Å². The second-order valence-corrected chi connectivity index (χ2v) is 10.4. The summed E-state index contributed by atoms with van der Waals surface area (Å²) in [5.41, 5.74) is 2.21. The fourth-order valence-corrected chi connectivity index (χ4v) is 5.11. The summed E-state index contributed by atoms with van der Waals surface area (Å²) in [6, 6.07) is 10.1. The first-order chi connectivity index (χ1) is 18.7. The number of benzene rings is 2. The Morgan fingerprint density at radius 3 is 2.59 bits per heavy atom. The highest BCUT2D eigenvalue weighted by Crippen LogP contribution is 2.42. The third-order valence-electron chi connectivity index (χ3n) is 7.09. The van der Waals surface area contributed by atoms with E-state index < -0.39 is 17.7 Å². The molecule has 8 nitrogen and oxygen atoms in total. The average molecular weight is 537 g/mol. The van der Waals surface area contributed by atoms with Gasteiger partial charge in [-0.05, 0) is 75.8 Å². The SMILES string of the molecule is CCCCCOc1ccc(C2/C(=C(\O)c3ccc4c(c3)CC(C)O4)C(=O)C(=O)N2CCN(C)C)cc1OCC. The van der Waals surface area contributed by atoms with Crippen LogP contribution in [0.2, 0.25) is 0 Å². The Morgan fingerprint density at radius 1 is 1.08 bits per heavy atom. The molecule has 1 N–H and O–H groups in total. The van der Waals surface area contributed by atoms with Crippen LogP contribution < -0.4 is 14.2 Å². The molecule has 8 heteroatoms. The number of Topliss-reactive ketones (excluding diaryl/α,β-unsaturated/α-hetero) is 1. The number of fused-ring (bicyclic) bond motifs is 1. The van der Waals surface area contributed by atoms with E-state index in [2.05, 4.69) is 6.92 Å². The minimum Gasteiger partial charge on any atom is -0.507 e. The molecule has 0 bridgehead atoms. The van der Waals surface area contributed by atoms with Crippen molar-refractivity contribution in [3.05, 3.63) is 58.7 Å². The summed E-state index contributed by atoms with van der Waals surface area (Å²) in [5.74, 6) is 0.436. The van der Waals surface area contributed by atoms with E-state index in [1.54, 1.807) is 11.0 Å². The lowest BCUT2D eigenvalue weighted by Crippen LogP contribution is -2.35. The number of nitrogens with zero attached hydrogens (tertiary/aromatic N) is 2. The molecule has 0 saturated carbocycles. The molecule has 1 amide bonds. The van der Waals surface area contributed by atoms with Crippen molar-refractivity contribution in [2.45, 2.75) is 58.6 Å². The lowest BCUT2D eigenvalue weighted by atomic mass is 9.94. The Hall–Kier alpha value is -3.52. The van der Waals surface area contributed by atoms with Crippen molar-refractivity contribution >= 4 is 17.4 Å². The number of unbranched alkanes of at least 4 members (excludes halogenated alkanes) is 2. The zero-order chi connectivity index (χ0) is 28.1. The zero-order valence-corrected chi connectivity index (χ0v) is 23.7. The number of carbonyl (C=O) groups excluding carboxylic acids is 2. The lowest BCUT2D eigenvalue weighted by Gasteiger charge is -2.27. The van der Waals surface area contributed by atoms with Crippen LogP contribution in [0.5, 0.6) is 17.2 Å². The Bertz CT molecular complexity index is 1240. The van der Waals surface area contributed by atoms with Crippen molar-refractivity contribution in [1.82, 2.24) is 9.80 Å². The molecule has 2 aliphatic heterocycles. The van der Waals surface area contributed by atoms with Gasteiger partial charge in [0.25, 0.3) is 11.7 Å². The quantitative estimate of drug-likeness (QED) is 0.178. The maximum Gasteiger partial charge on any atom is 0.295 e. The van der Waals surface area contributed by atoms with Crippen molar-refractivity contribution in [3.8, 4) is 17.2 Å².